The van der Waals surface area contributed by atoms with Crippen LogP contribution in [0, 0.1) is 5.92 Å². The number of nitrogens with one attached hydrogen (secondary N) is 2. The standard InChI is InChI=1S/C11H18N4/c1-9(11-8-13-4-5-14-11)15-7-10-2-3-12-6-10/h4-5,8-10,12,15H,2-3,6-7H2,1H3/t9-,10+/m0/s1. The summed E-state index contributed by atoms with van der Waals surface area (Å²) >= 11 is 0. The number of hydrogen-bond acceptors (Lipinski definition) is 4. The maximum Gasteiger partial charge on any atom is 0.0753 e. The first-order valence-corrected chi connectivity index (χ1v) is 5.56. The Morgan fingerprint density at radius 3 is 3.20 bits per heavy atom. The van der Waals surface area contributed by atoms with Gasteiger partial charge in [-0.05, 0) is 38.9 Å². The zero-order valence-electron chi connectivity index (χ0n) is 9.11. The topological polar surface area (TPSA) is 49.8 Å². The predicted octanol–water partition coefficient (Wildman–Crippen LogP) is 0.737. The van der Waals surface area contributed by atoms with Gasteiger partial charge in [-0.2, -0.15) is 0 Å². The lowest BCUT2D eigenvalue weighted by molar-refractivity contribution is 0.464. The van der Waals surface area contributed by atoms with Crippen molar-refractivity contribution in [3.63, 3.8) is 0 Å². The minimum Gasteiger partial charge on any atom is -0.316 e. The van der Waals surface area contributed by atoms with Crippen molar-refractivity contribution in [3.8, 4) is 0 Å². The summed E-state index contributed by atoms with van der Waals surface area (Å²) in [6.07, 6.45) is 6.55. The van der Waals surface area contributed by atoms with E-state index in [9.17, 15) is 0 Å². The van der Waals surface area contributed by atoms with Gasteiger partial charge in [0.05, 0.1) is 5.69 Å². The molecule has 1 aromatic heterocycles. The monoisotopic (exact) mass is 206 g/mol. The van der Waals surface area contributed by atoms with Crippen molar-refractivity contribution in [2.45, 2.75) is 19.4 Å². The van der Waals surface area contributed by atoms with Crippen LogP contribution in [0.1, 0.15) is 25.1 Å². The van der Waals surface area contributed by atoms with Crippen LogP contribution in [-0.4, -0.2) is 29.6 Å². The molecule has 2 rings (SSSR count). The second kappa shape index (κ2) is 5.19. The van der Waals surface area contributed by atoms with Gasteiger partial charge in [0.1, 0.15) is 0 Å². The van der Waals surface area contributed by atoms with Crippen LogP contribution in [0.5, 0.6) is 0 Å². The van der Waals surface area contributed by atoms with Crippen LogP contribution in [0.2, 0.25) is 0 Å². The Morgan fingerprint density at radius 1 is 1.60 bits per heavy atom. The first kappa shape index (κ1) is 10.5. The van der Waals surface area contributed by atoms with Crippen LogP contribution >= 0.6 is 0 Å². The Labute approximate surface area is 90.5 Å². The van der Waals surface area contributed by atoms with Crippen molar-refractivity contribution in [3.05, 3.63) is 24.3 Å². The van der Waals surface area contributed by atoms with Gasteiger partial charge in [0.15, 0.2) is 0 Å². The highest BCUT2D eigenvalue weighted by atomic mass is 15.0. The van der Waals surface area contributed by atoms with Crippen molar-refractivity contribution in [2.24, 2.45) is 5.92 Å². The molecule has 4 heteroatoms. The van der Waals surface area contributed by atoms with Gasteiger partial charge in [0.25, 0.3) is 0 Å². The molecule has 2 heterocycles. The summed E-state index contributed by atoms with van der Waals surface area (Å²) in [5.74, 6) is 0.768. The van der Waals surface area contributed by atoms with Crippen LogP contribution in [-0.2, 0) is 0 Å². The van der Waals surface area contributed by atoms with Gasteiger partial charge in [-0.15, -0.1) is 0 Å². The van der Waals surface area contributed by atoms with E-state index < -0.39 is 0 Å². The molecule has 4 nitrogen and oxygen atoms in total. The smallest absolute Gasteiger partial charge is 0.0753 e. The summed E-state index contributed by atoms with van der Waals surface area (Å²) in [4.78, 5) is 8.35. The van der Waals surface area contributed by atoms with Crippen molar-refractivity contribution < 1.29 is 0 Å². The second-order valence-corrected chi connectivity index (χ2v) is 4.12. The lowest BCUT2D eigenvalue weighted by Gasteiger charge is -2.15. The average molecular weight is 206 g/mol. The molecule has 0 spiro atoms. The average Bonchev–Trinajstić information content (AvgIpc) is 2.80. The molecule has 0 unspecified atom stereocenters. The van der Waals surface area contributed by atoms with Crippen LogP contribution in [0.25, 0.3) is 0 Å². The number of nitrogens with zero attached hydrogens (tertiary/aromatic N) is 2. The largest absolute Gasteiger partial charge is 0.316 e. The van der Waals surface area contributed by atoms with Gasteiger partial charge in [-0.1, -0.05) is 0 Å². The molecule has 0 bridgehead atoms. The van der Waals surface area contributed by atoms with Crippen molar-refractivity contribution in [1.29, 1.82) is 0 Å². The Bertz CT molecular complexity index is 282. The molecular weight excluding hydrogens is 188 g/mol. The Hall–Kier alpha value is -1.00. The van der Waals surface area contributed by atoms with Crippen molar-refractivity contribution in [2.75, 3.05) is 19.6 Å². The third-order valence-electron chi connectivity index (χ3n) is 2.90. The molecule has 1 aliphatic rings. The zero-order chi connectivity index (χ0) is 10.5. The van der Waals surface area contributed by atoms with E-state index in [-0.39, 0.29) is 0 Å². The quantitative estimate of drug-likeness (QED) is 0.763. The van der Waals surface area contributed by atoms with Crippen LogP contribution in [0.3, 0.4) is 0 Å². The van der Waals surface area contributed by atoms with Gasteiger partial charge >= 0.3 is 0 Å². The van der Waals surface area contributed by atoms with Crippen molar-refractivity contribution >= 4 is 0 Å². The fraction of sp³-hybridized carbons (Fsp3) is 0.636. The summed E-state index contributed by atoms with van der Waals surface area (Å²) in [5.41, 5.74) is 1.02. The highest BCUT2D eigenvalue weighted by Crippen LogP contribution is 2.10. The van der Waals surface area contributed by atoms with Gasteiger partial charge < -0.3 is 10.6 Å². The summed E-state index contributed by atoms with van der Waals surface area (Å²) in [5, 5.41) is 6.87. The fourth-order valence-corrected chi connectivity index (χ4v) is 1.87. The first-order valence-electron chi connectivity index (χ1n) is 5.56. The van der Waals surface area contributed by atoms with Crippen molar-refractivity contribution in [1.82, 2.24) is 20.6 Å². The highest BCUT2D eigenvalue weighted by molar-refractivity contribution is 5.00. The van der Waals surface area contributed by atoms with Crippen LogP contribution in [0.15, 0.2) is 18.6 Å². The second-order valence-electron chi connectivity index (χ2n) is 4.12. The molecule has 1 fully saturated rings. The molecule has 1 saturated heterocycles. The highest BCUT2D eigenvalue weighted by Gasteiger charge is 2.15. The van der Waals surface area contributed by atoms with E-state index in [2.05, 4.69) is 27.5 Å². The lowest BCUT2D eigenvalue weighted by atomic mass is 10.1. The van der Waals surface area contributed by atoms with Gasteiger partial charge in [-0.3, -0.25) is 9.97 Å². The minimum absolute atomic E-state index is 0.291. The number of hydrogen-bond donors (Lipinski definition) is 2. The van der Waals surface area contributed by atoms with Gasteiger partial charge in [0, 0.05) is 24.6 Å². The van der Waals surface area contributed by atoms with E-state index in [0.717, 1.165) is 31.2 Å². The molecule has 82 valence electrons. The summed E-state index contributed by atoms with van der Waals surface area (Å²) in [6, 6.07) is 0.291. The zero-order valence-corrected chi connectivity index (χ0v) is 9.11. The van der Waals surface area contributed by atoms with E-state index in [0.29, 0.717) is 6.04 Å². The molecule has 0 saturated carbocycles. The van der Waals surface area contributed by atoms with E-state index in [1.165, 1.54) is 6.42 Å². The first-order chi connectivity index (χ1) is 7.36. The third kappa shape index (κ3) is 2.97. The van der Waals surface area contributed by atoms with E-state index in [1.54, 1.807) is 12.4 Å². The molecule has 1 aromatic rings. The number of rotatable bonds is 4. The molecule has 0 aliphatic carbocycles. The van der Waals surface area contributed by atoms with Crippen LogP contribution in [0.4, 0.5) is 0 Å². The van der Waals surface area contributed by atoms with Gasteiger partial charge in [-0.25, -0.2) is 0 Å². The SMILES string of the molecule is C[C@H](NC[C@@H]1CCNC1)c1cnccn1. The summed E-state index contributed by atoms with van der Waals surface area (Å²) in [6.45, 7) is 5.49. The molecule has 0 aromatic carbocycles. The molecule has 15 heavy (non-hydrogen) atoms. The van der Waals surface area contributed by atoms with Gasteiger partial charge in [0.2, 0.25) is 0 Å². The Balaban J connectivity index is 1.79. The molecule has 0 radical (unpaired) electrons. The maximum atomic E-state index is 4.28. The van der Waals surface area contributed by atoms with E-state index >= 15 is 0 Å². The lowest BCUT2D eigenvalue weighted by Crippen LogP contribution is -2.27. The van der Waals surface area contributed by atoms with E-state index in [4.69, 9.17) is 0 Å². The summed E-state index contributed by atoms with van der Waals surface area (Å²) < 4.78 is 0. The maximum absolute atomic E-state index is 4.28. The molecule has 1 aliphatic heterocycles. The molecule has 2 N–H and O–H groups in total. The molecule has 0 amide bonds. The third-order valence-corrected chi connectivity index (χ3v) is 2.90. The molecule has 2 atom stereocenters. The Kier molecular flexibility index (Phi) is 3.64. The predicted molar refractivity (Wildman–Crippen MR) is 59.4 cm³/mol. The Morgan fingerprint density at radius 2 is 2.53 bits per heavy atom. The van der Waals surface area contributed by atoms with Crippen LogP contribution < -0.4 is 10.6 Å². The summed E-state index contributed by atoms with van der Waals surface area (Å²) in [7, 11) is 0. The number of aromatic nitrogens is 2. The molecular formula is C11H18N4. The minimum atomic E-state index is 0.291. The normalized spacial score (nSPS) is 22.9. The van der Waals surface area contributed by atoms with E-state index in [1.807, 2.05) is 6.20 Å². The fourth-order valence-electron chi connectivity index (χ4n) is 1.87.